The number of thioether (sulfide) groups is 1. The minimum absolute atomic E-state index is 0.184. The number of rotatable bonds is 4. The van der Waals surface area contributed by atoms with Crippen molar-refractivity contribution in [3.8, 4) is 5.69 Å². The van der Waals surface area contributed by atoms with E-state index in [2.05, 4.69) is 10.4 Å². The highest BCUT2D eigenvalue weighted by molar-refractivity contribution is 7.98. The molecule has 3 aromatic rings. The number of hydrogen-bond acceptors (Lipinski definition) is 3. The van der Waals surface area contributed by atoms with Crippen LogP contribution in [0.1, 0.15) is 16.8 Å². The van der Waals surface area contributed by atoms with E-state index in [1.54, 1.807) is 28.6 Å². The van der Waals surface area contributed by atoms with Gasteiger partial charge in [-0.05, 0) is 29.8 Å². The first-order chi connectivity index (χ1) is 12.7. The molecule has 0 aliphatic carbocycles. The van der Waals surface area contributed by atoms with Crippen LogP contribution in [0.5, 0.6) is 0 Å². The lowest BCUT2D eigenvalue weighted by molar-refractivity contribution is -0.111. The molecule has 1 N–H and O–H groups in total. The van der Waals surface area contributed by atoms with Crippen LogP contribution in [0.15, 0.2) is 60.7 Å². The quantitative estimate of drug-likeness (QED) is 0.652. The highest BCUT2D eigenvalue weighted by Gasteiger charge is 2.24. The summed E-state index contributed by atoms with van der Waals surface area (Å²) < 4.78 is 1.77. The number of benzene rings is 2. The summed E-state index contributed by atoms with van der Waals surface area (Å²) in [5, 5.41) is 8.30. The van der Waals surface area contributed by atoms with Crippen LogP contribution in [0.3, 0.4) is 0 Å². The van der Waals surface area contributed by atoms with Crippen molar-refractivity contribution >= 4 is 41.2 Å². The highest BCUT2D eigenvalue weighted by atomic mass is 35.5. The summed E-state index contributed by atoms with van der Waals surface area (Å²) in [4.78, 5) is 12.5. The molecule has 4 rings (SSSR count). The average molecular weight is 382 g/mol. The topological polar surface area (TPSA) is 46.9 Å². The number of hydrogen-bond donors (Lipinski definition) is 1. The third-order valence-electron chi connectivity index (χ3n) is 4.07. The Morgan fingerprint density at radius 2 is 2.00 bits per heavy atom. The highest BCUT2D eigenvalue weighted by Crippen LogP contribution is 2.36. The summed E-state index contributed by atoms with van der Waals surface area (Å²) in [5.74, 6) is 2.23. The molecule has 26 heavy (non-hydrogen) atoms. The number of amides is 1. The van der Waals surface area contributed by atoms with Crippen molar-refractivity contribution in [3.63, 3.8) is 0 Å². The number of halogens is 1. The Hall–Kier alpha value is -2.50. The zero-order valence-electron chi connectivity index (χ0n) is 13.9. The smallest absolute Gasteiger partial charge is 0.249 e. The second-order valence-electron chi connectivity index (χ2n) is 5.89. The average Bonchev–Trinajstić information content (AvgIpc) is 3.24. The van der Waals surface area contributed by atoms with Gasteiger partial charge in [-0.25, -0.2) is 4.68 Å². The van der Waals surface area contributed by atoms with Gasteiger partial charge in [0.15, 0.2) is 0 Å². The van der Waals surface area contributed by atoms with Crippen molar-refractivity contribution in [2.24, 2.45) is 0 Å². The third-order valence-corrected chi connectivity index (χ3v) is 5.28. The van der Waals surface area contributed by atoms with Crippen LogP contribution >= 0.6 is 23.4 Å². The Labute approximate surface area is 160 Å². The molecule has 1 aliphatic heterocycles. The van der Waals surface area contributed by atoms with E-state index in [-0.39, 0.29) is 5.91 Å². The lowest BCUT2D eigenvalue weighted by Gasteiger charge is -2.10. The maximum Gasteiger partial charge on any atom is 0.249 e. The van der Waals surface area contributed by atoms with Crippen molar-refractivity contribution in [3.05, 3.63) is 82.5 Å². The Morgan fingerprint density at radius 3 is 2.81 bits per heavy atom. The summed E-state index contributed by atoms with van der Waals surface area (Å²) in [6, 6.07) is 17.2. The molecule has 0 saturated carbocycles. The van der Waals surface area contributed by atoms with Crippen LogP contribution in [0, 0.1) is 0 Å². The number of carbonyl (C=O) groups excluding carboxylic acids is 1. The summed E-state index contributed by atoms with van der Waals surface area (Å²) in [6.45, 7) is 0. The Bertz CT molecular complexity index is 982. The van der Waals surface area contributed by atoms with E-state index < -0.39 is 0 Å². The Balaban J connectivity index is 1.63. The molecule has 2 heterocycles. The molecule has 1 amide bonds. The van der Waals surface area contributed by atoms with E-state index in [0.29, 0.717) is 5.02 Å². The zero-order chi connectivity index (χ0) is 17.9. The second-order valence-corrected chi connectivity index (χ2v) is 7.31. The minimum atomic E-state index is -0.184. The van der Waals surface area contributed by atoms with Crippen molar-refractivity contribution in [2.45, 2.75) is 11.5 Å². The van der Waals surface area contributed by atoms with Crippen LogP contribution in [0.4, 0.5) is 5.82 Å². The van der Waals surface area contributed by atoms with Gasteiger partial charge < -0.3 is 5.32 Å². The van der Waals surface area contributed by atoms with Gasteiger partial charge in [0, 0.05) is 28.2 Å². The second kappa shape index (κ2) is 7.40. The van der Waals surface area contributed by atoms with E-state index in [9.17, 15) is 4.79 Å². The standard InChI is InChI=1S/C20H16ClN3OS/c21-15-7-4-8-16(11-15)24-20(17-12-26-13-18(17)23-24)22-19(25)10-9-14-5-2-1-3-6-14/h1-11H,12-13H2,(H,22,25)/b10-9+. The monoisotopic (exact) mass is 381 g/mol. The fourth-order valence-corrected chi connectivity index (χ4v) is 4.05. The molecule has 130 valence electrons. The van der Waals surface area contributed by atoms with Gasteiger partial charge in [0.2, 0.25) is 5.91 Å². The van der Waals surface area contributed by atoms with Crippen molar-refractivity contribution in [1.29, 1.82) is 0 Å². The summed E-state index contributed by atoms with van der Waals surface area (Å²) in [7, 11) is 0. The van der Waals surface area contributed by atoms with E-state index in [0.717, 1.165) is 39.8 Å². The van der Waals surface area contributed by atoms with Crippen molar-refractivity contribution in [1.82, 2.24) is 9.78 Å². The van der Waals surface area contributed by atoms with Gasteiger partial charge in [0.05, 0.1) is 11.4 Å². The molecule has 6 heteroatoms. The maximum atomic E-state index is 12.5. The molecule has 0 saturated heterocycles. The molecule has 2 aromatic carbocycles. The molecule has 0 atom stereocenters. The lowest BCUT2D eigenvalue weighted by atomic mass is 10.2. The van der Waals surface area contributed by atoms with Gasteiger partial charge in [-0.1, -0.05) is 48.0 Å². The SMILES string of the molecule is O=C(/C=C/c1ccccc1)Nc1c2c(nn1-c1cccc(Cl)c1)CSC2. The fourth-order valence-electron chi connectivity index (χ4n) is 2.83. The molecule has 0 unspecified atom stereocenters. The van der Waals surface area contributed by atoms with E-state index >= 15 is 0 Å². The molecule has 4 nitrogen and oxygen atoms in total. The molecular weight excluding hydrogens is 366 g/mol. The third kappa shape index (κ3) is 3.54. The molecule has 0 spiro atoms. The molecule has 0 bridgehead atoms. The van der Waals surface area contributed by atoms with Crippen LogP contribution < -0.4 is 5.32 Å². The molecule has 0 radical (unpaired) electrons. The Kier molecular flexibility index (Phi) is 4.82. The van der Waals surface area contributed by atoms with Gasteiger partial charge in [0.25, 0.3) is 0 Å². The first kappa shape index (κ1) is 16.9. The summed E-state index contributed by atoms with van der Waals surface area (Å²) in [5.41, 5.74) is 3.90. The van der Waals surface area contributed by atoms with E-state index in [4.69, 9.17) is 11.6 Å². The van der Waals surface area contributed by atoms with Gasteiger partial charge in [-0.2, -0.15) is 16.9 Å². The zero-order valence-corrected chi connectivity index (χ0v) is 15.4. The maximum absolute atomic E-state index is 12.5. The van der Waals surface area contributed by atoms with Crippen LogP contribution in [0.25, 0.3) is 11.8 Å². The summed E-state index contributed by atoms with van der Waals surface area (Å²) in [6.07, 6.45) is 3.34. The molecule has 1 aromatic heterocycles. The van der Waals surface area contributed by atoms with Gasteiger partial charge in [-0.3, -0.25) is 4.79 Å². The van der Waals surface area contributed by atoms with E-state index in [1.165, 1.54) is 0 Å². The molecule has 0 fully saturated rings. The van der Waals surface area contributed by atoms with Crippen LogP contribution in [-0.2, 0) is 16.3 Å². The van der Waals surface area contributed by atoms with Crippen LogP contribution in [-0.4, -0.2) is 15.7 Å². The first-order valence-electron chi connectivity index (χ1n) is 8.19. The number of anilines is 1. The summed E-state index contributed by atoms with van der Waals surface area (Å²) >= 11 is 7.92. The van der Waals surface area contributed by atoms with Gasteiger partial charge >= 0.3 is 0 Å². The number of aromatic nitrogens is 2. The largest absolute Gasteiger partial charge is 0.307 e. The predicted molar refractivity (Wildman–Crippen MR) is 108 cm³/mol. The molecule has 1 aliphatic rings. The van der Waals surface area contributed by atoms with Gasteiger partial charge in [-0.15, -0.1) is 0 Å². The lowest BCUT2D eigenvalue weighted by Crippen LogP contribution is -2.13. The molecular formula is C20H16ClN3OS. The normalized spacial score (nSPS) is 13.1. The number of nitrogens with zero attached hydrogens (tertiary/aromatic N) is 2. The predicted octanol–water partition coefficient (Wildman–Crippen LogP) is 4.92. The fraction of sp³-hybridized carbons (Fsp3) is 0.100. The number of carbonyl (C=O) groups is 1. The first-order valence-corrected chi connectivity index (χ1v) is 9.72. The minimum Gasteiger partial charge on any atom is -0.307 e. The van der Waals surface area contributed by atoms with Crippen molar-refractivity contribution in [2.75, 3.05) is 5.32 Å². The van der Waals surface area contributed by atoms with E-state index in [1.807, 2.05) is 54.6 Å². The number of nitrogens with one attached hydrogen (secondary N) is 1. The number of fused-ring (bicyclic) bond motifs is 1. The van der Waals surface area contributed by atoms with Gasteiger partial charge in [0.1, 0.15) is 5.82 Å². The van der Waals surface area contributed by atoms with Crippen LogP contribution in [0.2, 0.25) is 5.02 Å². The van der Waals surface area contributed by atoms with Crippen molar-refractivity contribution < 1.29 is 4.79 Å². The Morgan fingerprint density at radius 1 is 1.15 bits per heavy atom.